The SMILES string of the molecule is Nc1nnc(SCC(=O)Nc2ccccc2Oc2ccccc2)n1C1CC1. The van der Waals surface area contributed by atoms with Crippen molar-refractivity contribution >= 4 is 29.3 Å². The molecule has 8 heteroatoms. The normalized spacial score (nSPS) is 13.3. The van der Waals surface area contributed by atoms with Crippen LogP contribution in [0.15, 0.2) is 59.8 Å². The van der Waals surface area contributed by atoms with Crippen LogP contribution in [0.1, 0.15) is 18.9 Å². The Bertz CT molecular complexity index is 940. The second-order valence-corrected chi connectivity index (χ2v) is 7.13. The van der Waals surface area contributed by atoms with E-state index in [4.69, 9.17) is 10.5 Å². The Morgan fingerprint density at radius 2 is 1.89 bits per heavy atom. The average Bonchev–Trinajstić information content (AvgIpc) is 3.45. The summed E-state index contributed by atoms with van der Waals surface area (Å²) in [4.78, 5) is 12.4. The number of para-hydroxylation sites is 3. The van der Waals surface area contributed by atoms with Gasteiger partial charge in [0.15, 0.2) is 10.9 Å². The van der Waals surface area contributed by atoms with Gasteiger partial charge in [0.2, 0.25) is 11.9 Å². The summed E-state index contributed by atoms with van der Waals surface area (Å²) in [6.45, 7) is 0. The third-order valence-corrected chi connectivity index (χ3v) is 5.01. The van der Waals surface area contributed by atoms with Crippen LogP contribution in [0.3, 0.4) is 0 Å². The Labute approximate surface area is 160 Å². The minimum atomic E-state index is -0.145. The lowest BCUT2D eigenvalue weighted by Crippen LogP contribution is -2.15. The van der Waals surface area contributed by atoms with E-state index in [0.717, 1.165) is 12.8 Å². The molecule has 3 aromatic rings. The van der Waals surface area contributed by atoms with Gasteiger partial charge in [0, 0.05) is 6.04 Å². The van der Waals surface area contributed by atoms with Crippen molar-refractivity contribution in [3.05, 3.63) is 54.6 Å². The van der Waals surface area contributed by atoms with Gasteiger partial charge in [-0.3, -0.25) is 9.36 Å². The molecule has 1 saturated carbocycles. The maximum atomic E-state index is 12.4. The van der Waals surface area contributed by atoms with Gasteiger partial charge in [0.05, 0.1) is 11.4 Å². The first kappa shape index (κ1) is 17.4. The number of nitrogens with zero attached hydrogens (tertiary/aromatic N) is 3. The quantitative estimate of drug-likeness (QED) is 0.606. The van der Waals surface area contributed by atoms with E-state index in [1.54, 1.807) is 0 Å². The number of hydrogen-bond acceptors (Lipinski definition) is 6. The lowest BCUT2D eigenvalue weighted by Gasteiger charge is -2.12. The number of aromatic nitrogens is 3. The Kier molecular flexibility index (Phi) is 4.97. The van der Waals surface area contributed by atoms with Crippen molar-refractivity contribution in [1.82, 2.24) is 14.8 Å². The number of carbonyl (C=O) groups is 1. The molecule has 1 aliphatic rings. The number of ether oxygens (including phenoxy) is 1. The Morgan fingerprint density at radius 1 is 1.15 bits per heavy atom. The fourth-order valence-corrected chi connectivity index (χ4v) is 3.47. The van der Waals surface area contributed by atoms with Crippen molar-refractivity contribution in [2.45, 2.75) is 24.0 Å². The second kappa shape index (κ2) is 7.71. The number of anilines is 2. The predicted octanol–water partition coefficient (Wildman–Crippen LogP) is 3.72. The molecule has 3 N–H and O–H groups in total. The zero-order chi connectivity index (χ0) is 18.6. The lowest BCUT2D eigenvalue weighted by molar-refractivity contribution is -0.113. The summed E-state index contributed by atoms with van der Waals surface area (Å²) >= 11 is 1.33. The summed E-state index contributed by atoms with van der Waals surface area (Å²) in [5.41, 5.74) is 6.48. The van der Waals surface area contributed by atoms with E-state index in [9.17, 15) is 4.79 Å². The number of rotatable bonds is 7. The smallest absolute Gasteiger partial charge is 0.234 e. The number of nitrogens with two attached hydrogens (primary N) is 1. The van der Waals surface area contributed by atoms with E-state index >= 15 is 0 Å². The molecule has 0 saturated heterocycles. The number of amides is 1. The zero-order valence-corrected chi connectivity index (χ0v) is 15.4. The molecular weight excluding hydrogens is 362 g/mol. The number of carbonyl (C=O) groups excluding carboxylic acids is 1. The van der Waals surface area contributed by atoms with E-state index in [-0.39, 0.29) is 11.7 Å². The van der Waals surface area contributed by atoms with Gasteiger partial charge in [0.1, 0.15) is 5.75 Å². The summed E-state index contributed by atoms with van der Waals surface area (Å²) < 4.78 is 7.78. The van der Waals surface area contributed by atoms with Gasteiger partial charge in [-0.1, -0.05) is 42.1 Å². The van der Waals surface area contributed by atoms with E-state index in [0.29, 0.717) is 34.3 Å². The van der Waals surface area contributed by atoms with Crippen molar-refractivity contribution in [3.8, 4) is 11.5 Å². The molecule has 0 spiro atoms. The molecule has 0 aliphatic heterocycles. The molecule has 1 amide bonds. The number of nitrogen functional groups attached to an aromatic ring is 1. The second-order valence-electron chi connectivity index (χ2n) is 6.19. The molecule has 2 aromatic carbocycles. The molecule has 138 valence electrons. The maximum absolute atomic E-state index is 12.4. The largest absolute Gasteiger partial charge is 0.455 e. The summed E-state index contributed by atoms with van der Waals surface area (Å²) in [7, 11) is 0. The molecule has 0 bridgehead atoms. The molecule has 27 heavy (non-hydrogen) atoms. The number of benzene rings is 2. The molecule has 7 nitrogen and oxygen atoms in total. The van der Waals surface area contributed by atoms with Crippen molar-refractivity contribution in [2.24, 2.45) is 0 Å². The van der Waals surface area contributed by atoms with Gasteiger partial charge in [-0.2, -0.15) is 0 Å². The van der Waals surface area contributed by atoms with Crippen LogP contribution < -0.4 is 15.8 Å². The number of thioether (sulfide) groups is 1. The van der Waals surface area contributed by atoms with Gasteiger partial charge in [-0.15, -0.1) is 10.2 Å². The lowest BCUT2D eigenvalue weighted by atomic mass is 10.3. The Balaban J connectivity index is 1.40. The summed E-state index contributed by atoms with van der Waals surface area (Å²) in [5.74, 6) is 1.77. The molecule has 0 unspecified atom stereocenters. The topological polar surface area (TPSA) is 95.1 Å². The fraction of sp³-hybridized carbons (Fsp3) is 0.211. The summed E-state index contributed by atoms with van der Waals surface area (Å²) in [6.07, 6.45) is 2.15. The standard InChI is InChI=1S/C19H19N5O2S/c20-18-22-23-19(24(18)13-10-11-13)27-12-17(25)21-15-8-4-5-9-16(15)26-14-6-2-1-3-7-14/h1-9,13H,10-12H2,(H2,20,22)(H,21,25). The van der Waals surface area contributed by atoms with Gasteiger partial charge < -0.3 is 15.8 Å². The average molecular weight is 381 g/mol. The molecule has 0 radical (unpaired) electrons. The van der Waals surface area contributed by atoms with Crippen LogP contribution in [0.2, 0.25) is 0 Å². The fourth-order valence-electron chi connectivity index (χ4n) is 2.65. The molecule has 1 fully saturated rings. The highest BCUT2D eigenvalue weighted by atomic mass is 32.2. The van der Waals surface area contributed by atoms with E-state index in [2.05, 4.69) is 15.5 Å². The van der Waals surface area contributed by atoms with Crippen LogP contribution in [0.5, 0.6) is 11.5 Å². The Morgan fingerprint density at radius 3 is 2.67 bits per heavy atom. The molecule has 0 atom stereocenters. The predicted molar refractivity (Wildman–Crippen MR) is 105 cm³/mol. The minimum absolute atomic E-state index is 0.145. The number of nitrogens with one attached hydrogen (secondary N) is 1. The van der Waals surface area contributed by atoms with E-state index in [1.165, 1.54) is 11.8 Å². The van der Waals surface area contributed by atoms with Crippen molar-refractivity contribution in [2.75, 3.05) is 16.8 Å². The van der Waals surface area contributed by atoms with Crippen LogP contribution >= 0.6 is 11.8 Å². The summed E-state index contributed by atoms with van der Waals surface area (Å²) in [5, 5.41) is 11.6. The van der Waals surface area contributed by atoms with Crippen molar-refractivity contribution < 1.29 is 9.53 Å². The third-order valence-electron chi connectivity index (χ3n) is 4.07. The van der Waals surface area contributed by atoms with Gasteiger partial charge >= 0.3 is 0 Å². The highest BCUT2D eigenvalue weighted by Gasteiger charge is 2.29. The van der Waals surface area contributed by atoms with Crippen molar-refractivity contribution in [3.63, 3.8) is 0 Å². The van der Waals surface area contributed by atoms with Crippen molar-refractivity contribution in [1.29, 1.82) is 0 Å². The van der Waals surface area contributed by atoms with Crippen LogP contribution in [0, 0.1) is 0 Å². The monoisotopic (exact) mass is 381 g/mol. The van der Waals surface area contributed by atoms with Crippen LogP contribution in [-0.2, 0) is 4.79 Å². The number of hydrogen-bond donors (Lipinski definition) is 2. The van der Waals surface area contributed by atoms with Crippen LogP contribution in [-0.4, -0.2) is 26.4 Å². The van der Waals surface area contributed by atoms with E-state index < -0.39 is 0 Å². The highest BCUT2D eigenvalue weighted by molar-refractivity contribution is 7.99. The first-order valence-electron chi connectivity index (χ1n) is 8.65. The van der Waals surface area contributed by atoms with Gasteiger partial charge in [-0.25, -0.2) is 0 Å². The first-order valence-corrected chi connectivity index (χ1v) is 9.64. The summed E-state index contributed by atoms with van der Waals surface area (Å²) in [6, 6.07) is 17.2. The highest BCUT2D eigenvalue weighted by Crippen LogP contribution is 2.39. The molecular formula is C19H19N5O2S. The maximum Gasteiger partial charge on any atom is 0.234 e. The molecule has 1 aliphatic carbocycles. The minimum Gasteiger partial charge on any atom is -0.455 e. The molecule has 4 rings (SSSR count). The Hall–Kier alpha value is -3.00. The first-order chi connectivity index (χ1) is 13.2. The molecule has 1 aromatic heterocycles. The van der Waals surface area contributed by atoms with Crippen LogP contribution in [0.4, 0.5) is 11.6 Å². The van der Waals surface area contributed by atoms with Gasteiger partial charge in [-0.05, 0) is 37.1 Å². The van der Waals surface area contributed by atoms with E-state index in [1.807, 2.05) is 59.2 Å². The van der Waals surface area contributed by atoms with Crippen LogP contribution in [0.25, 0.3) is 0 Å². The zero-order valence-electron chi connectivity index (χ0n) is 14.5. The van der Waals surface area contributed by atoms with Gasteiger partial charge in [0.25, 0.3) is 0 Å². The third kappa shape index (κ3) is 4.22. The molecule has 1 heterocycles.